The summed E-state index contributed by atoms with van der Waals surface area (Å²) in [6.07, 6.45) is 1.44. The molecule has 2 heteroatoms. The first-order valence-corrected chi connectivity index (χ1v) is 2.63. The zero-order chi connectivity index (χ0) is 6.83. The van der Waals surface area contributed by atoms with E-state index in [9.17, 15) is 0 Å². The fourth-order valence-corrected chi connectivity index (χ4v) is 0.224. The average Bonchev–Trinajstić information content (AvgIpc) is 1.88. The van der Waals surface area contributed by atoms with Gasteiger partial charge in [0.15, 0.2) is 0 Å². The molecule has 0 aliphatic heterocycles. The van der Waals surface area contributed by atoms with Gasteiger partial charge in [0.25, 0.3) is 0 Å². The molecule has 0 aliphatic carbocycles. The Kier molecular flexibility index (Phi) is 21.1. The lowest BCUT2D eigenvalue weighted by molar-refractivity contribution is 0.242. The second-order valence-electron chi connectivity index (χ2n) is 1.15. The highest BCUT2D eigenvalue weighted by molar-refractivity contribution is 4.30. The molecule has 0 rings (SSSR count). The minimum atomic E-state index is 0.195. The molecule has 0 aromatic rings. The number of hydrogen-bond acceptors (Lipinski definition) is 2. The van der Waals surface area contributed by atoms with Crippen LogP contribution in [0, 0.1) is 0 Å². The Morgan fingerprint density at radius 3 is 1.25 bits per heavy atom. The second kappa shape index (κ2) is 15.9. The third kappa shape index (κ3) is 17.4. The largest absolute Gasteiger partial charge is 0.396 e. The van der Waals surface area contributed by atoms with Crippen LogP contribution in [0.15, 0.2) is 13.2 Å². The molecule has 0 heterocycles. The zero-order valence-electron chi connectivity index (χ0n) is 5.14. The Balaban J connectivity index is 0. The van der Waals surface area contributed by atoms with E-state index in [1.54, 1.807) is 0 Å². The lowest BCUT2D eigenvalue weighted by atomic mass is 10.3. The third-order valence-corrected chi connectivity index (χ3v) is 0.566. The maximum atomic E-state index is 8.09. The Morgan fingerprint density at radius 1 is 0.875 bits per heavy atom. The lowest BCUT2D eigenvalue weighted by Gasteiger charge is -1.85. The number of unbranched alkanes of at least 4 members (excludes halogenated alkanes) is 1. The van der Waals surface area contributed by atoms with Gasteiger partial charge in [-0.2, -0.15) is 0 Å². The quantitative estimate of drug-likeness (QED) is 0.420. The Hall–Kier alpha value is -0.340. The predicted molar refractivity (Wildman–Crippen MR) is 34.7 cm³/mol. The number of aliphatic hydroxyl groups excluding tert-OH is 2. The van der Waals surface area contributed by atoms with Gasteiger partial charge in [-0.15, -0.1) is 13.2 Å². The van der Waals surface area contributed by atoms with E-state index in [4.69, 9.17) is 10.2 Å². The normalized spacial score (nSPS) is 7.25. The highest BCUT2D eigenvalue weighted by atomic mass is 16.3. The summed E-state index contributed by atoms with van der Waals surface area (Å²) >= 11 is 0. The molecule has 0 aromatic heterocycles. The first kappa shape index (κ1) is 10.6. The van der Waals surface area contributed by atoms with Crippen LogP contribution in [0.25, 0.3) is 0 Å². The Bertz CT molecular complexity index is 25.7. The van der Waals surface area contributed by atoms with Crippen molar-refractivity contribution in [2.24, 2.45) is 0 Å². The number of aliphatic hydroxyl groups is 2. The van der Waals surface area contributed by atoms with Crippen molar-refractivity contribution in [3.63, 3.8) is 0 Å². The van der Waals surface area contributed by atoms with Gasteiger partial charge in [0.2, 0.25) is 0 Å². The summed E-state index contributed by atoms with van der Waals surface area (Å²) in [6, 6.07) is 0. The van der Waals surface area contributed by atoms with E-state index in [1.165, 1.54) is 0 Å². The second-order valence-corrected chi connectivity index (χ2v) is 1.15. The lowest BCUT2D eigenvalue weighted by Crippen LogP contribution is -1.85. The molecule has 0 saturated carbocycles. The van der Waals surface area contributed by atoms with Gasteiger partial charge in [-0.25, -0.2) is 0 Å². The van der Waals surface area contributed by atoms with Gasteiger partial charge >= 0.3 is 0 Å². The van der Waals surface area contributed by atoms with Crippen LogP contribution in [-0.2, 0) is 0 Å². The van der Waals surface area contributed by atoms with Gasteiger partial charge in [-0.1, -0.05) is 0 Å². The maximum absolute atomic E-state index is 8.09. The smallest absolute Gasteiger partial charge is 0.0431 e. The first-order valence-electron chi connectivity index (χ1n) is 2.63. The van der Waals surface area contributed by atoms with Crippen molar-refractivity contribution in [3.8, 4) is 0 Å². The molecule has 2 nitrogen and oxygen atoms in total. The van der Waals surface area contributed by atoms with Crippen molar-refractivity contribution >= 4 is 0 Å². The first-order chi connectivity index (χ1) is 3.91. The van der Waals surface area contributed by atoms with Crippen LogP contribution < -0.4 is 0 Å². The van der Waals surface area contributed by atoms with Gasteiger partial charge in [0.05, 0.1) is 0 Å². The fraction of sp³-hybridized carbons (Fsp3) is 0.667. The molecule has 0 radical (unpaired) electrons. The number of rotatable bonds is 3. The van der Waals surface area contributed by atoms with Crippen molar-refractivity contribution in [3.05, 3.63) is 13.2 Å². The van der Waals surface area contributed by atoms with E-state index in [2.05, 4.69) is 13.2 Å². The third-order valence-electron chi connectivity index (χ3n) is 0.566. The molecule has 0 unspecified atom stereocenters. The van der Waals surface area contributed by atoms with E-state index in [1.807, 2.05) is 0 Å². The molecule has 0 amide bonds. The van der Waals surface area contributed by atoms with Gasteiger partial charge < -0.3 is 10.2 Å². The van der Waals surface area contributed by atoms with Crippen molar-refractivity contribution in [1.82, 2.24) is 0 Å². The van der Waals surface area contributed by atoms with Gasteiger partial charge in [-0.05, 0) is 12.8 Å². The van der Waals surface area contributed by atoms with Crippen LogP contribution in [-0.4, -0.2) is 23.4 Å². The van der Waals surface area contributed by atoms with Crippen molar-refractivity contribution in [2.45, 2.75) is 12.8 Å². The molecule has 50 valence electrons. The summed E-state index contributed by atoms with van der Waals surface area (Å²) in [5.74, 6) is 0. The summed E-state index contributed by atoms with van der Waals surface area (Å²) in [7, 11) is 0. The molecule has 0 aliphatic rings. The minimum absolute atomic E-state index is 0.195. The summed E-state index contributed by atoms with van der Waals surface area (Å²) in [4.78, 5) is 0. The molecule has 0 spiro atoms. The highest BCUT2D eigenvalue weighted by Crippen LogP contribution is 1.80. The maximum Gasteiger partial charge on any atom is 0.0431 e. The van der Waals surface area contributed by atoms with E-state index in [0.29, 0.717) is 0 Å². The van der Waals surface area contributed by atoms with Crippen LogP contribution in [0.3, 0.4) is 0 Å². The molecule has 0 aromatic carbocycles. The van der Waals surface area contributed by atoms with Crippen molar-refractivity contribution in [1.29, 1.82) is 0 Å². The van der Waals surface area contributed by atoms with Crippen LogP contribution in [0.1, 0.15) is 12.8 Å². The van der Waals surface area contributed by atoms with Crippen LogP contribution in [0.4, 0.5) is 0 Å². The van der Waals surface area contributed by atoms with E-state index < -0.39 is 0 Å². The molecule has 0 bridgehead atoms. The fourth-order valence-electron chi connectivity index (χ4n) is 0.224. The summed E-state index contributed by atoms with van der Waals surface area (Å²) in [5.41, 5.74) is 0. The summed E-state index contributed by atoms with van der Waals surface area (Å²) in [6.45, 7) is 6.39. The average molecular weight is 118 g/mol. The SMILES string of the molecule is C=C.OCCCCO. The standard InChI is InChI=1S/C4H10O2.C2H4/c5-3-1-2-4-6;1-2/h5-6H,1-4H2;1-2H2. The van der Waals surface area contributed by atoms with Gasteiger partial charge in [0.1, 0.15) is 0 Å². The molecule has 0 saturated heterocycles. The van der Waals surface area contributed by atoms with E-state index >= 15 is 0 Å². The summed E-state index contributed by atoms with van der Waals surface area (Å²) in [5, 5.41) is 16.2. The van der Waals surface area contributed by atoms with E-state index in [0.717, 1.165) is 12.8 Å². The predicted octanol–water partition coefficient (Wildman–Crippen LogP) is 0.553. The molecule has 8 heavy (non-hydrogen) atoms. The summed E-state index contributed by atoms with van der Waals surface area (Å²) < 4.78 is 0. The molecule has 0 fully saturated rings. The Morgan fingerprint density at radius 2 is 1.12 bits per heavy atom. The topological polar surface area (TPSA) is 40.5 Å². The van der Waals surface area contributed by atoms with Crippen LogP contribution in [0.5, 0.6) is 0 Å². The molecule has 0 atom stereocenters. The minimum Gasteiger partial charge on any atom is -0.396 e. The zero-order valence-corrected chi connectivity index (χ0v) is 5.14. The highest BCUT2D eigenvalue weighted by Gasteiger charge is 1.77. The molecule has 2 N–H and O–H groups in total. The van der Waals surface area contributed by atoms with E-state index in [-0.39, 0.29) is 13.2 Å². The van der Waals surface area contributed by atoms with Gasteiger partial charge in [-0.3, -0.25) is 0 Å². The van der Waals surface area contributed by atoms with Crippen molar-refractivity contribution < 1.29 is 10.2 Å². The Labute approximate surface area is 50.5 Å². The molecular formula is C6H14O2. The number of hydrogen-bond donors (Lipinski definition) is 2. The van der Waals surface area contributed by atoms with Gasteiger partial charge in [0, 0.05) is 13.2 Å². The molecular weight excluding hydrogens is 104 g/mol. The monoisotopic (exact) mass is 118 g/mol. The van der Waals surface area contributed by atoms with Crippen molar-refractivity contribution in [2.75, 3.05) is 13.2 Å². The van der Waals surface area contributed by atoms with Crippen LogP contribution >= 0.6 is 0 Å². The van der Waals surface area contributed by atoms with Crippen LogP contribution in [0.2, 0.25) is 0 Å².